The van der Waals surface area contributed by atoms with E-state index in [4.69, 9.17) is 4.74 Å². The van der Waals surface area contributed by atoms with Crippen molar-refractivity contribution in [3.05, 3.63) is 39.3 Å². The molecule has 0 amide bonds. The summed E-state index contributed by atoms with van der Waals surface area (Å²) in [6.45, 7) is 1.98. The maximum Gasteiger partial charge on any atom is 0.134 e. The van der Waals surface area contributed by atoms with Gasteiger partial charge in [0.25, 0.3) is 0 Å². The number of hydrogen-bond donors (Lipinski definition) is 1. The average molecular weight is 371 g/mol. The number of hydrogen-bond acceptors (Lipinski definition) is 2. The van der Waals surface area contributed by atoms with Gasteiger partial charge in [-0.3, -0.25) is 0 Å². The highest BCUT2D eigenvalue weighted by atomic mass is 79.9. The molecule has 2 aromatic rings. The van der Waals surface area contributed by atoms with E-state index in [2.05, 4.69) is 55.4 Å². The summed E-state index contributed by atoms with van der Waals surface area (Å²) in [6, 6.07) is 10.4. The quantitative estimate of drug-likeness (QED) is 0.858. The smallest absolute Gasteiger partial charge is 0.134 e. The van der Waals surface area contributed by atoms with E-state index >= 15 is 0 Å². The summed E-state index contributed by atoms with van der Waals surface area (Å²) in [5.41, 5.74) is 0. The molecule has 1 fully saturated rings. The van der Waals surface area contributed by atoms with Crippen LogP contribution in [0.5, 0.6) is 5.75 Å². The lowest BCUT2D eigenvalue weighted by molar-refractivity contribution is 0.222. The van der Waals surface area contributed by atoms with Crippen molar-refractivity contribution >= 4 is 42.6 Å². The van der Waals surface area contributed by atoms with Crippen LogP contribution in [0.4, 0.5) is 0 Å². The molecule has 1 atom stereocenters. The molecule has 1 heterocycles. The summed E-state index contributed by atoms with van der Waals surface area (Å²) in [5, 5.41) is 5.69. The van der Waals surface area contributed by atoms with Crippen molar-refractivity contribution in [1.82, 2.24) is 5.32 Å². The highest BCUT2D eigenvalue weighted by Gasteiger charge is 2.17. The largest absolute Gasteiger partial charge is 0.488 e. The second kappa shape index (κ2) is 5.19. The first-order chi connectivity index (χ1) is 8.74. The van der Waals surface area contributed by atoms with Crippen LogP contribution in [0.15, 0.2) is 39.3 Å². The Bertz CT molecular complexity index is 579. The summed E-state index contributed by atoms with van der Waals surface area (Å²) in [6.07, 6.45) is 1.36. The molecule has 0 unspecified atom stereocenters. The Morgan fingerprint density at radius 3 is 2.83 bits per heavy atom. The lowest BCUT2D eigenvalue weighted by atomic mass is 10.1. The van der Waals surface area contributed by atoms with Gasteiger partial charge in [-0.2, -0.15) is 0 Å². The van der Waals surface area contributed by atoms with Gasteiger partial charge < -0.3 is 10.1 Å². The van der Waals surface area contributed by atoms with Crippen molar-refractivity contribution in [3.8, 4) is 5.75 Å². The van der Waals surface area contributed by atoms with Gasteiger partial charge >= 0.3 is 0 Å². The topological polar surface area (TPSA) is 21.3 Å². The maximum absolute atomic E-state index is 6.02. The fourth-order valence-electron chi connectivity index (χ4n) is 2.24. The maximum atomic E-state index is 6.02. The first-order valence-electron chi connectivity index (χ1n) is 5.99. The Hall–Kier alpha value is -0.580. The Kier molecular flexibility index (Phi) is 3.59. The van der Waals surface area contributed by atoms with Gasteiger partial charge in [0.1, 0.15) is 11.9 Å². The highest BCUT2D eigenvalue weighted by Crippen LogP contribution is 2.35. The molecule has 0 radical (unpaired) electrons. The molecule has 18 heavy (non-hydrogen) atoms. The predicted molar refractivity (Wildman–Crippen MR) is 81.3 cm³/mol. The van der Waals surface area contributed by atoms with Crippen LogP contribution in [-0.2, 0) is 0 Å². The molecular weight excluding hydrogens is 358 g/mol. The molecule has 2 nitrogen and oxygen atoms in total. The van der Waals surface area contributed by atoms with E-state index in [-0.39, 0.29) is 6.10 Å². The Morgan fingerprint density at radius 1 is 1.17 bits per heavy atom. The van der Waals surface area contributed by atoms with E-state index in [1.165, 1.54) is 10.8 Å². The second-order valence-electron chi connectivity index (χ2n) is 4.48. The molecule has 0 aliphatic carbocycles. The van der Waals surface area contributed by atoms with Crippen LogP contribution in [0, 0.1) is 0 Å². The molecule has 1 aliphatic heterocycles. The van der Waals surface area contributed by atoms with Crippen molar-refractivity contribution < 1.29 is 4.74 Å². The van der Waals surface area contributed by atoms with Crippen molar-refractivity contribution in [3.63, 3.8) is 0 Å². The molecular formula is C14H13Br2NO. The van der Waals surface area contributed by atoms with Gasteiger partial charge in [0.15, 0.2) is 0 Å². The highest BCUT2D eigenvalue weighted by molar-refractivity contribution is 9.11. The van der Waals surface area contributed by atoms with Crippen LogP contribution in [0.25, 0.3) is 10.8 Å². The molecule has 0 aromatic heterocycles. The third-order valence-corrected chi connectivity index (χ3v) is 4.50. The zero-order valence-electron chi connectivity index (χ0n) is 9.75. The van der Waals surface area contributed by atoms with Gasteiger partial charge in [0, 0.05) is 11.0 Å². The Morgan fingerprint density at radius 2 is 2.06 bits per heavy atom. The third kappa shape index (κ3) is 2.42. The van der Waals surface area contributed by atoms with Gasteiger partial charge in [0.05, 0.1) is 4.47 Å². The zero-order chi connectivity index (χ0) is 12.5. The van der Waals surface area contributed by atoms with Crippen molar-refractivity contribution in [2.75, 3.05) is 13.1 Å². The van der Waals surface area contributed by atoms with E-state index in [0.717, 1.165) is 34.2 Å². The minimum Gasteiger partial charge on any atom is -0.488 e. The van der Waals surface area contributed by atoms with Crippen LogP contribution in [-0.4, -0.2) is 19.2 Å². The molecule has 0 spiro atoms. The van der Waals surface area contributed by atoms with Gasteiger partial charge in [-0.05, 0) is 57.9 Å². The van der Waals surface area contributed by atoms with Crippen molar-refractivity contribution in [1.29, 1.82) is 0 Å². The molecule has 2 aromatic carbocycles. The van der Waals surface area contributed by atoms with Gasteiger partial charge in [-0.15, -0.1) is 0 Å². The number of rotatable bonds is 2. The minimum absolute atomic E-state index is 0.286. The molecule has 3 rings (SSSR count). The van der Waals surface area contributed by atoms with Crippen molar-refractivity contribution in [2.45, 2.75) is 12.5 Å². The summed E-state index contributed by atoms with van der Waals surface area (Å²) in [4.78, 5) is 0. The summed E-state index contributed by atoms with van der Waals surface area (Å²) >= 11 is 7.14. The van der Waals surface area contributed by atoms with Gasteiger partial charge in [-0.1, -0.05) is 28.1 Å². The van der Waals surface area contributed by atoms with Crippen LogP contribution >= 0.6 is 31.9 Å². The Balaban J connectivity index is 1.97. The van der Waals surface area contributed by atoms with E-state index in [0.29, 0.717) is 0 Å². The lowest BCUT2D eigenvalue weighted by Crippen LogP contribution is -2.19. The lowest BCUT2D eigenvalue weighted by Gasteiger charge is -2.15. The molecule has 94 valence electrons. The minimum atomic E-state index is 0.286. The molecule has 1 saturated heterocycles. The first kappa shape index (κ1) is 12.5. The van der Waals surface area contributed by atoms with E-state index in [9.17, 15) is 0 Å². The summed E-state index contributed by atoms with van der Waals surface area (Å²) in [5.74, 6) is 0.929. The van der Waals surface area contributed by atoms with Gasteiger partial charge in [0.2, 0.25) is 0 Å². The Labute approximate surface area is 123 Å². The standard InChI is InChI=1S/C14H13Br2NO/c15-10-2-3-12-9(7-10)1-4-13(14(12)16)18-11-5-6-17-8-11/h1-4,7,11,17H,5-6,8H2/t11-/m0/s1. The number of nitrogens with one attached hydrogen (secondary N) is 1. The third-order valence-electron chi connectivity index (χ3n) is 3.19. The van der Waals surface area contributed by atoms with Crippen LogP contribution < -0.4 is 10.1 Å². The van der Waals surface area contributed by atoms with Gasteiger partial charge in [-0.25, -0.2) is 0 Å². The van der Waals surface area contributed by atoms with E-state index in [1.54, 1.807) is 0 Å². The SMILES string of the molecule is Brc1ccc2c(Br)c(O[C@H]3CCNC3)ccc2c1. The molecule has 1 N–H and O–H groups in total. The van der Waals surface area contributed by atoms with Crippen LogP contribution in [0.2, 0.25) is 0 Å². The molecule has 1 aliphatic rings. The van der Waals surface area contributed by atoms with Crippen molar-refractivity contribution in [2.24, 2.45) is 0 Å². The summed E-state index contributed by atoms with van der Waals surface area (Å²) in [7, 11) is 0. The zero-order valence-corrected chi connectivity index (χ0v) is 12.9. The van der Waals surface area contributed by atoms with E-state index in [1.807, 2.05) is 12.1 Å². The number of ether oxygens (including phenoxy) is 1. The van der Waals surface area contributed by atoms with Crippen LogP contribution in [0.1, 0.15) is 6.42 Å². The number of fused-ring (bicyclic) bond motifs is 1. The fraction of sp³-hybridized carbons (Fsp3) is 0.286. The van der Waals surface area contributed by atoms with E-state index < -0.39 is 0 Å². The monoisotopic (exact) mass is 369 g/mol. The molecule has 0 saturated carbocycles. The molecule has 4 heteroatoms. The predicted octanol–water partition coefficient (Wildman–Crippen LogP) is 4.11. The summed E-state index contributed by atoms with van der Waals surface area (Å²) < 4.78 is 8.16. The van der Waals surface area contributed by atoms with Crippen LogP contribution in [0.3, 0.4) is 0 Å². The first-order valence-corrected chi connectivity index (χ1v) is 7.58. The second-order valence-corrected chi connectivity index (χ2v) is 6.18. The number of halogens is 2. The fourth-order valence-corrected chi connectivity index (χ4v) is 3.21. The molecule has 0 bridgehead atoms. The average Bonchev–Trinajstić information content (AvgIpc) is 2.85. The number of benzene rings is 2. The normalized spacial score (nSPS) is 19.3.